The number of aliphatic hydroxyl groups is 2. The van der Waals surface area contributed by atoms with Gasteiger partial charge in [-0.05, 0) is 28.3 Å². The van der Waals surface area contributed by atoms with Gasteiger partial charge in [-0.1, -0.05) is 54.6 Å². The Morgan fingerprint density at radius 2 is 1.65 bits per heavy atom. The summed E-state index contributed by atoms with van der Waals surface area (Å²) in [5, 5.41) is 23.0. The number of aromatic nitrogens is 1. The molecule has 0 fully saturated rings. The maximum absolute atomic E-state index is 12.2. The summed E-state index contributed by atoms with van der Waals surface area (Å²) in [6.45, 7) is -0.00726. The highest BCUT2D eigenvalue weighted by Crippen LogP contribution is 2.44. The second kappa shape index (κ2) is 9.16. The lowest BCUT2D eigenvalue weighted by atomic mass is 9.98. The second-order valence-electron chi connectivity index (χ2n) is 7.32. The first-order valence-corrected chi connectivity index (χ1v) is 10.0. The number of hydrogen-bond donors (Lipinski definition) is 3. The smallest absolute Gasteiger partial charge is 0.407 e. The number of carbonyl (C=O) groups excluding carboxylic acids is 1. The number of pyridine rings is 1. The predicted molar refractivity (Wildman–Crippen MR) is 115 cm³/mol. The van der Waals surface area contributed by atoms with E-state index in [0.717, 1.165) is 22.3 Å². The van der Waals surface area contributed by atoms with Gasteiger partial charge in [0.05, 0.1) is 12.8 Å². The molecule has 0 aliphatic heterocycles. The Morgan fingerprint density at radius 3 is 2.29 bits per heavy atom. The summed E-state index contributed by atoms with van der Waals surface area (Å²) in [4.78, 5) is 16.3. The first-order valence-electron chi connectivity index (χ1n) is 10.0. The first-order chi connectivity index (χ1) is 15.1. The molecule has 2 aromatic carbocycles. The van der Waals surface area contributed by atoms with E-state index in [0.29, 0.717) is 5.88 Å². The minimum Gasteiger partial charge on any atom is -0.481 e. The van der Waals surface area contributed by atoms with Crippen LogP contribution in [0.4, 0.5) is 4.79 Å². The van der Waals surface area contributed by atoms with Gasteiger partial charge in [0.15, 0.2) is 0 Å². The largest absolute Gasteiger partial charge is 0.481 e. The molecule has 1 aromatic heterocycles. The molecule has 3 N–H and O–H groups in total. The molecule has 0 radical (unpaired) electrons. The highest BCUT2D eigenvalue weighted by atomic mass is 16.5. The molecular weight excluding hydrogens is 396 g/mol. The van der Waals surface area contributed by atoms with E-state index in [-0.39, 0.29) is 24.8 Å². The molecular formula is C24H24N2O5. The summed E-state index contributed by atoms with van der Waals surface area (Å²) < 4.78 is 10.5. The van der Waals surface area contributed by atoms with E-state index in [1.807, 2.05) is 36.4 Å². The Hall–Kier alpha value is -3.42. The minimum atomic E-state index is -1.27. The zero-order valence-electron chi connectivity index (χ0n) is 17.1. The third kappa shape index (κ3) is 4.38. The van der Waals surface area contributed by atoms with E-state index in [4.69, 9.17) is 9.47 Å². The van der Waals surface area contributed by atoms with Gasteiger partial charge in [-0.2, -0.15) is 0 Å². The van der Waals surface area contributed by atoms with Crippen LogP contribution in [0.3, 0.4) is 0 Å². The van der Waals surface area contributed by atoms with Crippen molar-refractivity contribution >= 4 is 6.09 Å². The fourth-order valence-electron chi connectivity index (χ4n) is 3.86. The molecule has 7 nitrogen and oxygen atoms in total. The van der Waals surface area contributed by atoms with Gasteiger partial charge in [0.25, 0.3) is 0 Å². The summed E-state index contributed by atoms with van der Waals surface area (Å²) in [6, 6.07) is 21.0. The average Bonchev–Trinajstić information content (AvgIpc) is 3.14. The van der Waals surface area contributed by atoms with Crippen LogP contribution in [-0.2, 0) is 4.74 Å². The zero-order chi connectivity index (χ0) is 21.8. The highest BCUT2D eigenvalue weighted by molar-refractivity contribution is 5.79. The Kier molecular flexibility index (Phi) is 6.16. The Labute approximate surface area is 180 Å². The summed E-state index contributed by atoms with van der Waals surface area (Å²) in [5.74, 6) is 0.280. The van der Waals surface area contributed by atoms with Crippen LogP contribution in [0.5, 0.6) is 5.88 Å². The molecule has 0 saturated carbocycles. The van der Waals surface area contributed by atoms with Crippen molar-refractivity contribution in [3.05, 3.63) is 83.6 Å². The molecule has 3 aromatic rings. The van der Waals surface area contributed by atoms with Crippen molar-refractivity contribution in [3.8, 4) is 17.0 Å². The highest BCUT2D eigenvalue weighted by Gasteiger charge is 2.29. The molecule has 31 heavy (non-hydrogen) atoms. The van der Waals surface area contributed by atoms with Crippen molar-refractivity contribution in [1.82, 2.24) is 10.3 Å². The summed E-state index contributed by atoms with van der Waals surface area (Å²) in [7, 11) is 1.47. The van der Waals surface area contributed by atoms with Gasteiger partial charge >= 0.3 is 6.09 Å². The van der Waals surface area contributed by atoms with E-state index in [1.54, 1.807) is 18.2 Å². The van der Waals surface area contributed by atoms with Crippen LogP contribution in [0, 0.1) is 0 Å². The first kappa shape index (κ1) is 20.8. The molecule has 1 aliphatic rings. The Bertz CT molecular complexity index is 1030. The van der Waals surface area contributed by atoms with Crippen molar-refractivity contribution in [1.29, 1.82) is 0 Å². The Morgan fingerprint density at radius 1 is 1.00 bits per heavy atom. The number of benzene rings is 2. The van der Waals surface area contributed by atoms with Gasteiger partial charge in [0.2, 0.25) is 5.88 Å². The van der Waals surface area contributed by atoms with E-state index >= 15 is 0 Å². The van der Waals surface area contributed by atoms with Crippen LogP contribution in [0.15, 0.2) is 66.7 Å². The van der Waals surface area contributed by atoms with Crippen LogP contribution in [0.1, 0.15) is 28.8 Å². The van der Waals surface area contributed by atoms with Crippen molar-refractivity contribution in [2.45, 2.75) is 18.1 Å². The van der Waals surface area contributed by atoms with Gasteiger partial charge in [0, 0.05) is 18.5 Å². The van der Waals surface area contributed by atoms with Gasteiger partial charge < -0.3 is 25.0 Å². The molecule has 1 amide bonds. The number of aliphatic hydroxyl groups excluding tert-OH is 2. The van der Waals surface area contributed by atoms with Crippen molar-refractivity contribution < 1.29 is 24.5 Å². The number of nitrogens with zero attached hydrogens (tertiary/aromatic N) is 1. The standard InChI is InChI=1S/C24H24N2O5/c1-30-22-12-6-11-20(26-22)23(28)21(27)13-25-24(29)31-14-19-17-9-4-2-7-15(17)16-8-3-5-10-18(16)19/h2-12,19,21,23,27-28H,13-14H2,1H3,(H,25,29). The molecule has 2 atom stereocenters. The molecule has 0 spiro atoms. The maximum Gasteiger partial charge on any atom is 0.407 e. The number of methoxy groups -OCH3 is 1. The second-order valence-corrected chi connectivity index (χ2v) is 7.32. The normalized spacial score (nSPS) is 14.3. The molecule has 4 rings (SSSR count). The molecule has 160 valence electrons. The fourth-order valence-corrected chi connectivity index (χ4v) is 3.86. The number of nitrogens with one attached hydrogen (secondary N) is 1. The number of amides is 1. The lowest BCUT2D eigenvalue weighted by Gasteiger charge is -2.19. The molecule has 1 heterocycles. The van der Waals surface area contributed by atoms with Crippen LogP contribution in [0.25, 0.3) is 11.1 Å². The summed E-state index contributed by atoms with van der Waals surface area (Å²) in [6.07, 6.45) is -3.18. The minimum absolute atomic E-state index is 0.0466. The van der Waals surface area contributed by atoms with Crippen molar-refractivity contribution in [2.24, 2.45) is 0 Å². The predicted octanol–water partition coefficient (Wildman–Crippen LogP) is 3.02. The van der Waals surface area contributed by atoms with Crippen LogP contribution < -0.4 is 10.1 Å². The van der Waals surface area contributed by atoms with Crippen LogP contribution in [0.2, 0.25) is 0 Å². The number of ether oxygens (including phenoxy) is 2. The average molecular weight is 420 g/mol. The topological polar surface area (TPSA) is 101 Å². The molecule has 2 unspecified atom stereocenters. The summed E-state index contributed by atoms with van der Waals surface area (Å²) >= 11 is 0. The SMILES string of the molecule is COc1cccc(C(O)C(O)CNC(=O)OCC2c3ccccc3-c3ccccc32)n1. The van der Waals surface area contributed by atoms with E-state index in [9.17, 15) is 15.0 Å². The van der Waals surface area contributed by atoms with E-state index in [2.05, 4.69) is 22.4 Å². The third-order valence-electron chi connectivity index (χ3n) is 5.42. The van der Waals surface area contributed by atoms with Crippen LogP contribution in [-0.4, -0.2) is 47.7 Å². The van der Waals surface area contributed by atoms with E-state index in [1.165, 1.54) is 7.11 Å². The van der Waals surface area contributed by atoms with Crippen LogP contribution >= 0.6 is 0 Å². The Balaban J connectivity index is 1.33. The van der Waals surface area contributed by atoms with Crippen molar-refractivity contribution in [3.63, 3.8) is 0 Å². The lowest BCUT2D eigenvalue weighted by Crippen LogP contribution is -2.36. The van der Waals surface area contributed by atoms with Gasteiger partial charge in [0.1, 0.15) is 18.8 Å². The summed E-state index contributed by atoms with van der Waals surface area (Å²) in [5.41, 5.74) is 4.79. The number of alkyl carbamates (subject to hydrolysis) is 1. The third-order valence-corrected chi connectivity index (χ3v) is 5.42. The van der Waals surface area contributed by atoms with Crippen molar-refractivity contribution in [2.75, 3.05) is 20.3 Å². The molecule has 0 saturated heterocycles. The number of fused-ring (bicyclic) bond motifs is 3. The maximum atomic E-state index is 12.2. The van der Waals surface area contributed by atoms with Gasteiger partial charge in [-0.3, -0.25) is 0 Å². The van der Waals surface area contributed by atoms with Gasteiger partial charge in [-0.25, -0.2) is 9.78 Å². The quantitative estimate of drug-likeness (QED) is 0.543. The lowest BCUT2D eigenvalue weighted by molar-refractivity contribution is 0.0158. The number of hydrogen-bond acceptors (Lipinski definition) is 6. The fraction of sp³-hybridized carbons (Fsp3) is 0.250. The molecule has 7 heteroatoms. The zero-order valence-corrected chi connectivity index (χ0v) is 17.1. The number of rotatable bonds is 7. The van der Waals surface area contributed by atoms with Gasteiger partial charge in [-0.15, -0.1) is 0 Å². The van der Waals surface area contributed by atoms with E-state index < -0.39 is 18.3 Å². The number of carbonyl (C=O) groups is 1. The monoisotopic (exact) mass is 420 g/mol. The molecule has 1 aliphatic carbocycles. The molecule has 0 bridgehead atoms.